The number of H-pyrrole nitrogens is 1. The van der Waals surface area contributed by atoms with Crippen molar-refractivity contribution in [1.29, 1.82) is 0 Å². The number of ketones is 1. The minimum absolute atomic E-state index is 0.0159. The maximum absolute atomic E-state index is 13.5. The zero-order valence-electron chi connectivity index (χ0n) is 20.9. The molecule has 1 fully saturated rings. The fraction of sp³-hybridized carbons (Fsp3) is 0.423. The van der Waals surface area contributed by atoms with Crippen LogP contribution in [0.1, 0.15) is 64.3 Å². The van der Waals surface area contributed by atoms with E-state index in [1.165, 1.54) is 0 Å². The number of aromatic nitrogens is 4. The van der Waals surface area contributed by atoms with Gasteiger partial charge in [-0.2, -0.15) is 23.4 Å². The van der Waals surface area contributed by atoms with E-state index in [2.05, 4.69) is 20.6 Å². The van der Waals surface area contributed by atoms with E-state index in [-0.39, 0.29) is 37.0 Å². The second-order valence-corrected chi connectivity index (χ2v) is 9.42. The number of hydrogen-bond acceptors (Lipinski definition) is 5. The number of para-hydroxylation sites is 1. The minimum atomic E-state index is -4.80. The van der Waals surface area contributed by atoms with Crippen LogP contribution in [0.2, 0.25) is 0 Å². The highest BCUT2D eigenvalue weighted by Crippen LogP contribution is 2.31. The molecule has 0 spiro atoms. The summed E-state index contributed by atoms with van der Waals surface area (Å²) in [5.41, 5.74) is -0.189. The molecular formula is C26H29F3N6O3. The highest BCUT2D eigenvalue weighted by atomic mass is 19.4. The van der Waals surface area contributed by atoms with Gasteiger partial charge in [-0.05, 0) is 50.3 Å². The number of rotatable bonds is 9. The standard InChI is InChI=1S/C26H29F3N6O3/c1-17-14-21(32-31-17)22(36)15-18-9-12-34(13-10-18)23(37)8-5-11-30-25(38)20-16-35(19-6-3-2-4-7-19)33-24(20)26(27,28)29/h2-4,6-7,14,16,18H,5,8-13,15H2,1H3,(H,30,38)(H,31,32). The lowest BCUT2D eigenvalue weighted by atomic mass is 9.91. The minimum Gasteiger partial charge on any atom is -0.352 e. The number of carbonyl (C=O) groups is 3. The molecule has 1 aliphatic heterocycles. The lowest BCUT2D eigenvalue weighted by Gasteiger charge is -2.31. The van der Waals surface area contributed by atoms with E-state index in [0.29, 0.717) is 43.7 Å². The number of piperidine rings is 1. The average Bonchev–Trinajstić information content (AvgIpc) is 3.54. The molecular weight excluding hydrogens is 501 g/mol. The van der Waals surface area contributed by atoms with Crippen LogP contribution in [-0.4, -0.2) is 62.1 Å². The van der Waals surface area contributed by atoms with Gasteiger partial charge >= 0.3 is 6.18 Å². The number of nitrogens with zero attached hydrogens (tertiary/aromatic N) is 4. The van der Waals surface area contributed by atoms with Gasteiger partial charge in [-0.3, -0.25) is 19.5 Å². The van der Waals surface area contributed by atoms with Gasteiger partial charge in [0.15, 0.2) is 11.5 Å². The molecule has 2 amide bonds. The number of likely N-dealkylation sites (tertiary alicyclic amines) is 1. The largest absolute Gasteiger partial charge is 0.435 e. The Kier molecular flexibility index (Phi) is 8.28. The third-order valence-electron chi connectivity index (χ3n) is 6.53. The van der Waals surface area contributed by atoms with Gasteiger partial charge in [0.25, 0.3) is 5.91 Å². The monoisotopic (exact) mass is 530 g/mol. The van der Waals surface area contributed by atoms with Crippen molar-refractivity contribution in [2.24, 2.45) is 5.92 Å². The van der Waals surface area contributed by atoms with Crippen molar-refractivity contribution in [3.8, 4) is 5.69 Å². The Morgan fingerprint density at radius 3 is 2.47 bits per heavy atom. The van der Waals surface area contributed by atoms with Crippen molar-refractivity contribution in [3.05, 3.63) is 65.2 Å². The molecule has 3 heterocycles. The Bertz CT molecular complexity index is 1280. The molecule has 0 unspecified atom stereocenters. The van der Waals surface area contributed by atoms with E-state index in [9.17, 15) is 27.6 Å². The number of amides is 2. The van der Waals surface area contributed by atoms with Crippen LogP contribution >= 0.6 is 0 Å². The zero-order chi connectivity index (χ0) is 27.3. The van der Waals surface area contributed by atoms with Crippen molar-refractivity contribution in [2.45, 2.75) is 45.2 Å². The number of hydrogen-bond donors (Lipinski definition) is 2. The summed E-state index contributed by atoms with van der Waals surface area (Å²) in [4.78, 5) is 39.2. The third-order valence-corrected chi connectivity index (χ3v) is 6.53. The van der Waals surface area contributed by atoms with Crippen molar-refractivity contribution < 1.29 is 27.6 Å². The molecule has 0 bridgehead atoms. The van der Waals surface area contributed by atoms with Crippen molar-refractivity contribution in [2.75, 3.05) is 19.6 Å². The van der Waals surface area contributed by atoms with Crippen LogP contribution in [0.15, 0.2) is 42.6 Å². The van der Waals surface area contributed by atoms with Crippen LogP contribution in [0.25, 0.3) is 5.69 Å². The molecule has 2 aromatic heterocycles. The number of Topliss-reactive ketones (excluding diaryl/α,β-unsaturated/α-hetero) is 1. The number of halogens is 3. The van der Waals surface area contributed by atoms with Crippen molar-refractivity contribution in [1.82, 2.24) is 30.2 Å². The summed E-state index contributed by atoms with van der Waals surface area (Å²) < 4.78 is 41.5. The second-order valence-electron chi connectivity index (χ2n) is 9.42. The molecule has 1 aromatic carbocycles. The summed E-state index contributed by atoms with van der Waals surface area (Å²) in [7, 11) is 0. The molecule has 3 aromatic rings. The van der Waals surface area contributed by atoms with Gasteiger partial charge in [-0.1, -0.05) is 18.2 Å². The topological polar surface area (TPSA) is 113 Å². The molecule has 9 nitrogen and oxygen atoms in total. The van der Waals surface area contributed by atoms with Gasteiger partial charge in [0.05, 0.1) is 11.3 Å². The van der Waals surface area contributed by atoms with Crippen LogP contribution in [0.5, 0.6) is 0 Å². The van der Waals surface area contributed by atoms with E-state index >= 15 is 0 Å². The summed E-state index contributed by atoms with van der Waals surface area (Å²) in [5, 5.41) is 12.8. The van der Waals surface area contributed by atoms with E-state index in [1.807, 2.05) is 6.92 Å². The molecule has 0 saturated carbocycles. The van der Waals surface area contributed by atoms with E-state index in [0.717, 1.165) is 16.6 Å². The van der Waals surface area contributed by atoms with Crippen LogP contribution in [0.3, 0.4) is 0 Å². The first kappa shape index (κ1) is 27.1. The first-order valence-corrected chi connectivity index (χ1v) is 12.5. The Morgan fingerprint density at radius 1 is 1.13 bits per heavy atom. The van der Waals surface area contributed by atoms with E-state index in [4.69, 9.17) is 0 Å². The number of nitrogens with one attached hydrogen (secondary N) is 2. The fourth-order valence-electron chi connectivity index (χ4n) is 4.47. The molecule has 4 rings (SSSR count). The quantitative estimate of drug-likeness (QED) is 0.321. The van der Waals surface area contributed by atoms with Crippen LogP contribution in [0, 0.1) is 12.8 Å². The molecule has 2 N–H and O–H groups in total. The molecule has 0 radical (unpaired) electrons. The molecule has 38 heavy (non-hydrogen) atoms. The molecule has 202 valence electrons. The summed E-state index contributed by atoms with van der Waals surface area (Å²) >= 11 is 0. The van der Waals surface area contributed by atoms with Gasteiger partial charge in [0.2, 0.25) is 5.91 Å². The summed E-state index contributed by atoms with van der Waals surface area (Å²) in [5.74, 6) is -0.815. The molecule has 12 heteroatoms. The average molecular weight is 531 g/mol. The summed E-state index contributed by atoms with van der Waals surface area (Å²) in [6.07, 6.45) is -1.48. The number of aromatic amines is 1. The Morgan fingerprint density at radius 2 is 1.84 bits per heavy atom. The fourth-order valence-corrected chi connectivity index (χ4v) is 4.47. The second kappa shape index (κ2) is 11.6. The third kappa shape index (κ3) is 6.67. The molecule has 1 aliphatic rings. The van der Waals surface area contributed by atoms with Crippen LogP contribution in [0.4, 0.5) is 13.2 Å². The number of alkyl halides is 3. The van der Waals surface area contributed by atoms with Crippen molar-refractivity contribution in [3.63, 3.8) is 0 Å². The maximum atomic E-state index is 13.5. The lowest BCUT2D eigenvalue weighted by molar-refractivity contribution is -0.141. The van der Waals surface area contributed by atoms with E-state index < -0.39 is 23.3 Å². The lowest BCUT2D eigenvalue weighted by Crippen LogP contribution is -2.39. The summed E-state index contributed by atoms with van der Waals surface area (Å²) in [6.45, 7) is 2.96. The normalized spacial score (nSPS) is 14.5. The Labute approximate surface area is 217 Å². The zero-order valence-corrected chi connectivity index (χ0v) is 20.9. The number of carbonyl (C=O) groups excluding carboxylic acids is 3. The van der Waals surface area contributed by atoms with Crippen LogP contribution in [-0.2, 0) is 11.0 Å². The first-order valence-electron chi connectivity index (χ1n) is 12.5. The first-order chi connectivity index (χ1) is 18.1. The summed E-state index contributed by atoms with van der Waals surface area (Å²) in [6, 6.07) is 9.93. The predicted octanol–water partition coefficient (Wildman–Crippen LogP) is 3.94. The maximum Gasteiger partial charge on any atom is 0.435 e. The highest BCUT2D eigenvalue weighted by molar-refractivity contribution is 5.95. The number of benzene rings is 1. The molecule has 1 saturated heterocycles. The van der Waals surface area contributed by atoms with Gasteiger partial charge < -0.3 is 10.2 Å². The Hall–Kier alpha value is -3.96. The molecule has 0 aliphatic carbocycles. The number of aryl methyl sites for hydroxylation is 1. The highest BCUT2D eigenvalue weighted by Gasteiger charge is 2.39. The van der Waals surface area contributed by atoms with Gasteiger partial charge in [0.1, 0.15) is 5.69 Å². The molecule has 0 atom stereocenters. The van der Waals surface area contributed by atoms with E-state index in [1.54, 1.807) is 41.3 Å². The van der Waals surface area contributed by atoms with Gasteiger partial charge in [0, 0.05) is 44.4 Å². The smallest absolute Gasteiger partial charge is 0.352 e. The van der Waals surface area contributed by atoms with Crippen LogP contribution < -0.4 is 5.32 Å². The SMILES string of the molecule is Cc1cc(C(=O)CC2CCN(C(=O)CCCNC(=O)c3cn(-c4ccccc4)nc3C(F)(F)F)CC2)n[nH]1. The Balaban J connectivity index is 1.22. The van der Waals surface area contributed by atoms with Gasteiger partial charge in [-0.25, -0.2) is 4.68 Å². The van der Waals surface area contributed by atoms with Gasteiger partial charge in [-0.15, -0.1) is 0 Å². The predicted molar refractivity (Wildman–Crippen MR) is 132 cm³/mol. The van der Waals surface area contributed by atoms with Crippen molar-refractivity contribution >= 4 is 17.6 Å².